The zero-order chi connectivity index (χ0) is 14.9. The van der Waals surface area contributed by atoms with Crippen molar-refractivity contribution in [3.05, 3.63) is 69.8 Å². The minimum atomic E-state index is -0.221. The quantitative estimate of drug-likeness (QED) is 0.593. The lowest BCUT2D eigenvalue weighted by Gasteiger charge is -2.08. The highest BCUT2D eigenvalue weighted by Crippen LogP contribution is 2.31. The van der Waals surface area contributed by atoms with Crippen molar-refractivity contribution in [3.8, 4) is 0 Å². The highest BCUT2D eigenvalue weighted by molar-refractivity contribution is 7.98. The maximum absolute atomic E-state index is 11.7. The molecule has 3 nitrogen and oxygen atoms in total. The molecule has 3 aromatic rings. The van der Waals surface area contributed by atoms with Crippen LogP contribution in [0, 0.1) is 0 Å². The number of hydrogen-bond donors (Lipinski definition) is 1. The van der Waals surface area contributed by atoms with Crippen LogP contribution in [0.15, 0.2) is 52.3 Å². The predicted molar refractivity (Wildman–Crippen MR) is 90.4 cm³/mol. The van der Waals surface area contributed by atoms with Crippen LogP contribution in [0.25, 0.3) is 10.8 Å². The molecule has 1 aliphatic carbocycles. The number of aromatic nitrogens is 2. The van der Waals surface area contributed by atoms with Crippen LogP contribution < -0.4 is 5.69 Å². The van der Waals surface area contributed by atoms with Crippen molar-refractivity contribution in [1.82, 2.24) is 9.97 Å². The second kappa shape index (κ2) is 5.61. The molecule has 22 heavy (non-hydrogen) atoms. The Kier molecular flexibility index (Phi) is 3.47. The van der Waals surface area contributed by atoms with Gasteiger partial charge in [-0.3, -0.25) is 0 Å². The molecule has 4 rings (SSSR count). The Morgan fingerprint density at radius 3 is 2.91 bits per heavy atom. The fourth-order valence-electron chi connectivity index (χ4n) is 3.12. The van der Waals surface area contributed by atoms with E-state index < -0.39 is 0 Å². The van der Waals surface area contributed by atoms with E-state index in [-0.39, 0.29) is 5.69 Å². The van der Waals surface area contributed by atoms with Crippen LogP contribution >= 0.6 is 11.8 Å². The molecule has 0 radical (unpaired) electrons. The van der Waals surface area contributed by atoms with Crippen LogP contribution in [0.5, 0.6) is 0 Å². The average Bonchev–Trinajstić information content (AvgIpc) is 3.00. The first kappa shape index (κ1) is 13.6. The maximum Gasteiger partial charge on any atom is 0.346 e. The summed E-state index contributed by atoms with van der Waals surface area (Å²) in [7, 11) is 0. The minimum Gasteiger partial charge on any atom is -0.309 e. The van der Waals surface area contributed by atoms with Crippen LogP contribution in [0.4, 0.5) is 0 Å². The molecular formula is C18H16N2OS. The van der Waals surface area contributed by atoms with Gasteiger partial charge in [0.25, 0.3) is 0 Å². The summed E-state index contributed by atoms with van der Waals surface area (Å²) < 4.78 is 0. The van der Waals surface area contributed by atoms with Crippen molar-refractivity contribution in [2.75, 3.05) is 0 Å². The third kappa shape index (κ3) is 2.44. The number of aromatic amines is 1. The first-order valence-corrected chi connectivity index (χ1v) is 8.51. The predicted octanol–water partition coefficient (Wildman–Crippen LogP) is 3.70. The smallest absolute Gasteiger partial charge is 0.309 e. The van der Waals surface area contributed by atoms with Gasteiger partial charge in [0.05, 0.1) is 0 Å². The Morgan fingerprint density at radius 1 is 1.09 bits per heavy atom. The van der Waals surface area contributed by atoms with E-state index in [4.69, 9.17) is 0 Å². The number of aryl methyl sites for hydroxylation is 1. The second-order valence-corrected chi connectivity index (χ2v) is 6.55. The summed E-state index contributed by atoms with van der Waals surface area (Å²) in [6.45, 7) is 0. The highest BCUT2D eigenvalue weighted by atomic mass is 32.2. The molecule has 2 aromatic carbocycles. The number of H-pyrrole nitrogens is 1. The van der Waals surface area contributed by atoms with Gasteiger partial charge in [-0.05, 0) is 35.6 Å². The van der Waals surface area contributed by atoms with Crippen molar-refractivity contribution in [1.29, 1.82) is 0 Å². The van der Waals surface area contributed by atoms with E-state index in [0.717, 1.165) is 35.7 Å². The SMILES string of the molecule is O=c1nc(SCc2cccc3ccccc23)c2c([nH]1)CCC2. The Hall–Kier alpha value is -2.07. The summed E-state index contributed by atoms with van der Waals surface area (Å²) in [5.41, 5.74) is 3.39. The Labute approximate surface area is 132 Å². The number of nitrogens with zero attached hydrogens (tertiary/aromatic N) is 1. The first-order chi connectivity index (χ1) is 10.8. The molecule has 1 aliphatic rings. The number of benzene rings is 2. The zero-order valence-corrected chi connectivity index (χ0v) is 13.0. The second-order valence-electron chi connectivity index (χ2n) is 5.58. The van der Waals surface area contributed by atoms with Crippen molar-refractivity contribution in [3.63, 3.8) is 0 Å². The molecule has 0 atom stereocenters. The van der Waals surface area contributed by atoms with Gasteiger partial charge in [0.1, 0.15) is 5.03 Å². The van der Waals surface area contributed by atoms with Crippen molar-refractivity contribution < 1.29 is 0 Å². The van der Waals surface area contributed by atoms with Crippen LogP contribution in [-0.4, -0.2) is 9.97 Å². The lowest BCUT2D eigenvalue weighted by molar-refractivity contribution is 0.895. The number of nitrogens with one attached hydrogen (secondary N) is 1. The number of thioether (sulfide) groups is 1. The molecule has 4 heteroatoms. The first-order valence-electron chi connectivity index (χ1n) is 7.53. The molecule has 0 spiro atoms. The number of rotatable bonds is 3. The van der Waals surface area contributed by atoms with E-state index in [1.54, 1.807) is 11.8 Å². The van der Waals surface area contributed by atoms with Gasteiger partial charge in [-0.2, -0.15) is 4.98 Å². The average molecular weight is 308 g/mol. The molecule has 1 N–H and O–H groups in total. The number of hydrogen-bond acceptors (Lipinski definition) is 3. The minimum absolute atomic E-state index is 0.221. The summed E-state index contributed by atoms with van der Waals surface area (Å²) in [6, 6.07) is 14.8. The van der Waals surface area contributed by atoms with E-state index in [1.807, 2.05) is 0 Å². The monoisotopic (exact) mass is 308 g/mol. The summed E-state index contributed by atoms with van der Waals surface area (Å²) in [5, 5.41) is 3.44. The fraction of sp³-hybridized carbons (Fsp3) is 0.222. The molecule has 1 aromatic heterocycles. The van der Waals surface area contributed by atoms with E-state index in [1.165, 1.54) is 21.9 Å². The molecule has 0 saturated heterocycles. The van der Waals surface area contributed by atoms with Gasteiger partial charge in [-0.25, -0.2) is 4.79 Å². The van der Waals surface area contributed by atoms with Gasteiger partial charge in [-0.15, -0.1) is 11.8 Å². The Morgan fingerprint density at radius 2 is 1.95 bits per heavy atom. The van der Waals surface area contributed by atoms with Gasteiger partial charge in [0, 0.05) is 17.0 Å². The summed E-state index contributed by atoms with van der Waals surface area (Å²) in [4.78, 5) is 18.8. The highest BCUT2D eigenvalue weighted by Gasteiger charge is 2.18. The molecule has 0 unspecified atom stereocenters. The van der Waals surface area contributed by atoms with Crippen LogP contribution in [-0.2, 0) is 18.6 Å². The molecule has 0 amide bonds. The lowest BCUT2D eigenvalue weighted by atomic mass is 10.1. The molecule has 0 bridgehead atoms. The van der Waals surface area contributed by atoms with Crippen LogP contribution in [0.3, 0.4) is 0 Å². The van der Waals surface area contributed by atoms with Crippen molar-refractivity contribution in [2.24, 2.45) is 0 Å². The van der Waals surface area contributed by atoms with Crippen LogP contribution in [0.2, 0.25) is 0 Å². The fourth-order valence-corrected chi connectivity index (χ4v) is 4.21. The summed E-state index contributed by atoms with van der Waals surface area (Å²) >= 11 is 1.68. The maximum atomic E-state index is 11.7. The van der Waals surface area contributed by atoms with Crippen LogP contribution in [0.1, 0.15) is 23.2 Å². The topological polar surface area (TPSA) is 45.8 Å². The third-order valence-electron chi connectivity index (χ3n) is 4.18. The van der Waals surface area contributed by atoms with E-state index >= 15 is 0 Å². The largest absolute Gasteiger partial charge is 0.346 e. The molecule has 110 valence electrons. The molecule has 0 saturated carbocycles. The van der Waals surface area contributed by atoms with E-state index in [9.17, 15) is 4.79 Å². The van der Waals surface area contributed by atoms with Gasteiger partial charge in [0.2, 0.25) is 0 Å². The standard InChI is InChI=1S/C18H16N2OS/c21-18-19-16-10-4-9-15(16)17(20-18)22-11-13-7-3-6-12-5-1-2-8-14(12)13/h1-3,5-8H,4,9-11H2,(H,19,20,21). The zero-order valence-electron chi connectivity index (χ0n) is 12.1. The third-order valence-corrected chi connectivity index (χ3v) is 5.25. The van der Waals surface area contributed by atoms with E-state index in [2.05, 4.69) is 52.4 Å². The van der Waals surface area contributed by atoms with E-state index in [0.29, 0.717) is 0 Å². The molecule has 1 heterocycles. The summed E-state index contributed by atoms with van der Waals surface area (Å²) in [6.07, 6.45) is 3.10. The normalized spacial score (nSPS) is 13.5. The van der Waals surface area contributed by atoms with Gasteiger partial charge < -0.3 is 4.98 Å². The summed E-state index contributed by atoms with van der Waals surface area (Å²) in [5.74, 6) is 0.838. The Balaban J connectivity index is 1.67. The molecular weight excluding hydrogens is 292 g/mol. The molecule has 0 aliphatic heterocycles. The van der Waals surface area contributed by atoms with Crippen molar-refractivity contribution in [2.45, 2.75) is 30.0 Å². The van der Waals surface area contributed by atoms with Crippen molar-refractivity contribution >= 4 is 22.5 Å². The van der Waals surface area contributed by atoms with Gasteiger partial charge >= 0.3 is 5.69 Å². The molecule has 0 fully saturated rings. The van der Waals surface area contributed by atoms with Gasteiger partial charge in [-0.1, -0.05) is 42.5 Å². The lowest BCUT2D eigenvalue weighted by Crippen LogP contribution is -2.14. The Bertz CT molecular complexity index is 896. The van der Waals surface area contributed by atoms with Gasteiger partial charge in [0.15, 0.2) is 0 Å². The number of fused-ring (bicyclic) bond motifs is 2.